The molecule has 0 radical (unpaired) electrons. The van der Waals surface area contributed by atoms with Gasteiger partial charge in [0.1, 0.15) is 6.10 Å². The molecule has 2 aliphatic carbocycles. The number of hydrogen-bond acceptors (Lipinski definition) is 2. The summed E-state index contributed by atoms with van der Waals surface area (Å²) >= 11 is 0. The minimum Gasteiger partial charge on any atom is -0.462 e. The van der Waals surface area contributed by atoms with Crippen LogP contribution in [0.15, 0.2) is 0 Å². The number of hydrogen-bond donors (Lipinski definition) is 0. The summed E-state index contributed by atoms with van der Waals surface area (Å²) in [6, 6.07) is 0. The smallest absolute Gasteiger partial charge is 0.302 e. The second kappa shape index (κ2) is 2.98. The SMILES string of the molecule is CC(=O)O[C@@H]1[C@H]2[C@@H](CC[C@H]1C)C2(C)C. The lowest BCUT2D eigenvalue weighted by Gasteiger charge is -2.27. The van der Waals surface area contributed by atoms with Crippen molar-refractivity contribution in [2.75, 3.05) is 0 Å². The molecule has 4 atom stereocenters. The Morgan fingerprint density at radius 3 is 2.57 bits per heavy atom. The van der Waals surface area contributed by atoms with Crippen LogP contribution >= 0.6 is 0 Å². The van der Waals surface area contributed by atoms with Crippen LogP contribution in [0.4, 0.5) is 0 Å². The minimum atomic E-state index is -0.120. The van der Waals surface area contributed by atoms with Crippen molar-refractivity contribution in [3.63, 3.8) is 0 Å². The quantitative estimate of drug-likeness (QED) is 0.603. The van der Waals surface area contributed by atoms with E-state index in [4.69, 9.17) is 4.74 Å². The maximum absolute atomic E-state index is 11.0. The van der Waals surface area contributed by atoms with E-state index in [9.17, 15) is 4.79 Å². The highest BCUT2D eigenvalue weighted by molar-refractivity contribution is 5.66. The van der Waals surface area contributed by atoms with E-state index < -0.39 is 0 Å². The van der Waals surface area contributed by atoms with Gasteiger partial charge in [0, 0.05) is 12.8 Å². The molecular formula is C12H20O2. The fourth-order valence-corrected chi connectivity index (χ4v) is 3.33. The van der Waals surface area contributed by atoms with Crippen molar-refractivity contribution in [2.45, 2.75) is 46.6 Å². The molecule has 2 fully saturated rings. The Labute approximate surface area is 86.0 Å². The Balaban J connectivity index is 2.09. The molecule has 0 spiro atoms. The van der Waals surface area contributed by atoms with Crippen molar-refractivity contribution in [1.82, 2.24) is 0 Å². The predicted molar refractivity (Wildman–Crippen MR) is 54.7 cm³/mol. The molecule has 0 aliphatic heterocycles. The van der Waals surface area contributed by atoms with E-state index in [-0.39, 0.29) is 12.1 Å². The molecular weight excluding hydrogens is 176 g/mol. The Bertz CT molecular complexity index is 257. The van der Waals surface area contributed by atoms with Crippen molar-refractivity contribution in [3.8, 4) is 0 Å². The van der Waals surface area contributed by atoms with Crippen LogP contribution in [0.1, 0.15) is 40.5 Å². The van der Waals surface area contributed by atoms with E-state index >= 15 is 0 Å². The predicted octanol–water partition coefficient (Wildman–Crippen LogP) is 2.62. The van der Waals surface area contributed by atoms with E-state index in [0.29, 0.717) is 17.3 Å². The van der Waals surface area contributed by atoms with Gasteiger partial charge in [-0.2, -0.15) is 0 Å². The fourth-order valence-electron chi connectivity index (χ4n) is 3.33. The van der Waals surface area contributed by atoms with E-state index in [1.165, 1.54) is 19.8 Å². The molecule has 0 N–H and O–H groups in total. The second-order valence-electron chi connectivity index (χ2n) is 5.58. The van der Waals surface area contributed by atoms with Gasteiger partial charge < -0.3 is 4.74 Å². The summed E-state index contributed by atoms with van der Waals surface area (Å²) in [5, 5.41) is 0. The van der Waals surface area contributed by atoms with Crippen LogP contribution in [0.3, 0.4) is 0 Å². The van der Waals surface area contributed by atoms with Crippen molar-refractivity contribution in [1.29, 1.82) is 0 Å². The van der Waals surface area contributed by atoms with Gasteiger partial charge in [0.05, 0.1) is 0 Å². The zero-order valence-corrected chi connectivity index (χ0v) is 9.54. The molecule has 2 aliphatic rings. The average molecular weight is 196 g/mol. The average Bonchev–Trinajstić information content (AvgIpc) is 2.60. The Hall–Kier alpha value is -0.530. The van der Waals surface area contributed by atoms with Crippen LogP contribution in [-0.4, -0.2) is 12.1 Å². The summed E-state index contributed by atoms with van der Waals surface area (Å²) in [6.45, 7) is 8.33. The summed E-state index contributed by atoms with van der Waals surface area (Å²) in [4.78, 5) is 11.0. The van der Waals surface area contributed by atoms with E-state index in [1.54, 1.807) is 0 Å². The van der Waals surface area contributed by atoms with Gasteiger partial charge in [-0.1, -0.05) is 20.8 Å². The first kappa shape index (κ1) is 10.0. The topological polar surface area (TPSA) is 26.3 Å². The van der Waals surface area contributed by atoms with Crippen molar-refractivity contribution >= 4 is 5.97 Å². The third kappa shape index (κ3) is 1.35. The molecule has 0 saturated heterocycles. The lowest BCUT2D eigenvalue weighted by Crippen LogP contribution is -2.30. The fraction of sp³-hybridized carbons (Fsp3) is 0.917. The van der Waals surface area contributed by atoms with Gasteiger partial charge in [0.2, 0.25) is 0 Å². The van der Waals surface area contributed by atoms with Gasteiger partial charge in [-0.25, -0.2) is 0 Å². The molecule has 14 heavy (non-hydrogen) atoms. The van der Waals surface area contributed by atoms with Gasteiger partial charge in [0.25, 0.3) is 0 Å². The Morgan fingerprint density at radius 1 is 1.36 bits per heavy atom. The summed E-state index contributed by atoms with van der Waals surface area (Å²) in [6.07, 6.45) is 2.71. The monoisotopic (exact) mass is 196 g/mol. The van der Waals surface area contributed by atoms with Crippen LogP contribution in [-0.2, 0) is 9.53 Å². The molecule has 0 unspecified atom stereocenters. The van der Waals surface area contributed by atoms with Crippen LogP contribution < -0.4 is 0 Å². The second-order valence-corrected chi connectivity index (χ2v) is 5.58. The zero-order valence-electron chi connectivity index (χ0n) is 9.54. The molecule has 0 bridgehead atoms. The molecule has 2 saturated carbocycles. The first-order valence-electron chi connectivity index (χ1n) is 5.62. The van der Waals surface area contributed by atoms with Crippen LogP contribution in [0, 0.1) is 23.2 Å². The van der Waals surface area contributed by atoms with E-state index in [0.717, 1.165) is 5.92 Å². The number of rotatable bonds is 1. The van der Waals surface area contributed by atoms with Crippen LogP contribution in [0.2, 0.25) is 0 Å². The summed E-state index contributed by atoms with van der Waals surface area (Å²) in [5.41, 5.74) is 0.408. The van der Waals surface area contributed by atoms with Crippen LogP contribution in [0.25, 0.3) is 0 Å². The van der Waals surface area contributed by atoms with Crippen LogP contribution in [0.5, 0.6) is 0 Å². The molecule has 80 valence electrons. The molecule has 2 rings (SSSR count). The van der Waals surface area contributed by atoms with Crippen molar-refractivity contribution < 1.29 is 9.53 Å². The molecule has 0 aromatic rings. The highest BCUT2D eigenvalue weighted by Crippen LogP contribution is 2.66. The molecule has 0 heterocycles. The maximum Gasteiger partial charge on any atom is 0.302 e. The molecule has 0 aromatic heterocycles. The number of esters is 1. The molecule has 0 aromatic carbocycles. The van der Waals surface area contributed by atoms with Gasteiger partial charge in [-0.3, -0.25) is 4.79 Å². The Morgan fingerprint density at radius 2 is 2.00 bits per heavy atom. The van der Waals surface area contributed by atoms with Crippen molar-refractivity contribution in [2.24, 2.45) is 23.2 Å². The number of carbonyl (C=O) groups excluding carboxylic acids is 1. The number of carbonyl (C=O) groups is 1. The minimum absolute atomic E-state index is 0.120. The maximum atomic E-state index is 11.0. The van der Waals surface area contributed by atoms with Gasteiger partial charge in [-0.05, 0) is 30.1 Å². The van der Waals surface area contributed by atoms with E-state index in [1.807, 2.05) is 0 Å². The third-order valence-corrected chi connectivity index (χ3v) is 4.29. The summed E-state index contributed by atoms with van der Waals surface area (Å²) < 4.78 is 5.45. The van der Waals surface area contributed by atoms with Crippen molar-refractivity contribution in [3.05, 3.63) is 0 Å². The summed E-state index contributed by atoms with van der Waals surface area (Å²) in [7, 11) is 0. The number of ether oxygens (including phenoxy) is 1. The molecule has 2 nitrogen and oxygen atoms in total. The first-order chi connectivity index (χ1) is 6.44. The normalized spacial score (nSPS) is 44.0. The third-order valence-electron chi connectivity index (χ3n) is 4.29. The van der Waals surface area contributed by atoms with Gasteiger partial charge in [-0.15, -0.1) is 0 Å². The molecule has 2 heteroatoms. The van der Waals surface area contributed by atoms with Gasteiger partial charge in [0.15, 0.2) is 0 Å². The highest BCUT2D eigenvalue weighted by atomic mass is 16.5. The standard InChI is InChI=1S/C12H20O2/c1-7-5-6-9-10(12(9,3)4)11(7)14-8(2)13/h7,9-11H,5-6H2,1-4H3/t7-,9-,10-,11+/m1/s1. The summed E-state index contributed by atoms with van der Waals surface area (Å²) in [5.74, 6) is 1.84. The highest BCUT2D eigenvalue weighted by Gasteiger charge is 2.64. The lowest BCUT2D eigenvalue weighted by atomic mass is 9.88. The largest absolute Gasteiger partial charge is 0.462 e. The Kier molecular flexibility index (Phi) is 2.13. The van der Waals surface area contributed by atoms with Gasteiger partial charge >= 0.3 is 5.97 Å². The van der Waals surface area contributed by atoms with E-state index in [2.05, 4.69) is 20.8 Å². The first-order valence-corrected chi connectivity index (χ1v) is 5.62. The molecule has 0 amide bonds. The zero-order chi connectivity index (χ0) is 10.5. The number of fused-ring (bicyclic) bond motifs is 1. The lowest BCUT2D eigenvalue weighted by molar-refractivity contribution is -0.151.